The van der Waals surface area contributed by atoms with Crippen LogP contribution in [0.1, 0.15) is 26.4 Å². The monoisotopic (exact) mass is 511 g/mol. The number of nitrogens with zero attached hydrogens (tertiary/aromatic N) is 6. The first kappa shape index (κ1) is 23.4. The number of amides is 1. The highest BCUT2D eigenvalue weighted by atomic mass is 32.2. The van der Waals surface area contributed by atoms with Gasteiger partial charge in [0.1, 0.15) is 5.52 Å². The van der Waals surface area contributed by atoms with Gasteiger partial charge in [-0.05, 0) is 37.3 Å². The number of nitrogens with one attached hydrogen (secondary N) is 1. The summed E-state index contributed by atoms with van der Waals surface area (Å²) in [6, 6.07) is 8.49. The van der Waals surface area contributed by atoms with E-state index in [-0.39, 0.29) is 54.1 Å². The summed E-state index contributed by atoms with van der Waals surface area (Å²) in [5.74, 6) is -1.39. The van der Waals surface area contributed by atoms with Crippen molar-refractivity contribution in [2.45, 2.75) is 11.8 Å². The Hall–Kier alpha value is -4.30. The van der Waals surface area contributed by atoms with Gasteiger partial charge in [0.2, 0.25) is 16.0 Å². The largest absolute Gasteiger partial charge is 0.478 e. The number of hydrogen-bond acceptors (Lipinski definition) is 7. The van der Waals surface area contributed by atoms with Gasteiger partial charge in [-0.1, -0.05) is 6.07 Å². The molecule has 2 N–H and O–H groups in total. The maximum atomic E-state index is 13.2. The van der Waals surface area contributed by atoms with E-state index in [0.717, 1.165) is 6.07 Å². The van der Waals surface area contributed by atoms with Crippen LogP contribution in [0.2, 0.25) is 0 Å². The van der Waals surface area contributed by atoms with E-state index in [1.54, 1.807) is 25.3 Å². The molecule has 5 rings (SSSR count). The lowest BCUT2D eigenvalue weighted by Gasteiger charge is -2.34. The van der Waals surface area contributed by atoms with Crippen molar-refractivity contribution in [3.63, 3.8) is 0 Å². The summed E-state index contributed by atoms with van der Waals surface area (Å²) in [6.45, 7) is 2.07. The van der Waals surface area contributed by atoms with Gasteiger partial charge in [-0.25, -0.2) is 22.4 Å². The summed E-state index contributed by atoms with van der Waals surface area (Å²) >= 11 is 0. The molecular formula is C22H21N7O6S. The topological polar surface area (TPSA) is 163 Å². The number of carbonyl (C=O) groups is 2. The number of hydrogen-bond donors (Lipinski definition) is 2. The third-order valence-electron chi connectivity index (χ3n) is 6.07. The number of benzene rings is 1. The zero-order chi connectivity index (χ0) is 25.6. The van der Waals surface area contributed by atoms with E-state index in [1.807, 2.05) is 0 Å². The van der Waals surface area contributed by atoms with Crippen LogP contribution in [-0.2, 0) is 10.0 Å². The Balaban J connectivity index is 1.32. The van der Waals surface area contributed by atoms with Gasteiger partial charge in [0.05, 0.1) is 27.9 Å². The first-order valence-corrected chi connectivity index (χ1v) is 12.4. The molecule has 1 aromatic carbocycles. The first-order valence-electron chi connectivity index (χ1n) is 10.9. The molecule has 1 aliphatic rings. The van der Waals surface area contributed by atoms with Gasteiger partial charge >= 0.3 is 5.97 Å². The Morgan fingerprint density at radius 3 is 2.56 bits per heavy atom. The van der Waals surface area contributed by atoms with Crippen LogP contribution in [0.25, 0.3) is 11.5 Å². The molecular weight excluding hydrogens is 490 g/mol. The Labute approximate surface area is 204 Å². The van der Waals surface area contributed by atoms with Gasteiger partial charge in [-0.3, -0.25) is 14.6 Å². The van der Waals surface area contributed by atoms with E-state index in [1.165, 1.54) is 42.8 Å². The molecule has 1 aliphatic heterocycles. The van der Waals surface area contributed by atoms with Crippen molar-refractivity contribution < 1.29 is 23.1 Å². The molecule has 1 fully saturated rings. The van der Waals surface area contributed by atoms with E-state index in [2.05, 4.69) is 15.2 Å². The standard InChI is InChI=1S/C22H21N7O6S/c1-14-17(13-23-29(14)22-24-19(30)18-6-3-7-28(18)25-22)20(31)26-8-10-27(11-9-26)36(34,35)16-5-2-4-15(12-16)21(32)33/h2-7,12-13H,8-11H2,1H3,(H,32,33)(H,24,25,30). The van der Waals surface area contributed by atoms with E-state index < -0.39 is 16.0 Å². The first-order chi connectivity index (χ1) is 17.2. The second kappa shape index (κ2) is 8.73. The number of carboxylic acid groups (broad SMARTS) is 1. The van der Waals surface area contributed by atoms with Crippen molar-refractivity contribution in [2.24, 2.45) is 0 Å². The van der Waals surface area contributed by atoms with Gasteiger partial charge in [0, 0.05) is 32.4 Å². The molecule has 0 radical (unpaired) electrons. The SMILES string of the molecule is Cc1c(C(=O)N2CCN(S(=O)(=O)c3cccc(C(=O)O)c3)CC2)cnn1-c1nn2cccc2c(=O)[nH]1. The molecule has 1 saturated heterocycles. The van der Waals surface area contributed by atoms with Crippen LogP contribution in [0.15, 0.2) is 58.5 Å². The van der Waals surface area contributed by atoms with Crippen LogP contribution >= 0.6 is 0 Å². The predicted octanol–water partition coefficient (Wildman–Crippen LogP) is 0.362. The van der Waals surface area contributed by atoms with Gasteiger partial charge in [-0.15, -0.1) is 5.10 Å². The fourth-order valence-corrected chi connectivity index (χ4v) is 5.57. The number of sulfonamides is 1. The van der Waals surface area contributed by atoms with Gasteiger partial charge in [0.25, 0.3) is 11.5 Å². The molecule has 1 amide bonds. The van der Waals surface area contributed by atoms with Gasteiger partial charge in [0.15, 0.2) is 0 Å². The highest BCUT2D eigenvalue weighted by Gasteiger charge is 2.32. The van der Waals surface area contributed by atoms with Crippen molar-refractivity contribution >= 4 is 27.4 Å². The molecule has 36 heavy (non-hydrogen) atoms. The minimum Gasteiger partial charge on any atom is -0.478 e. The predicted molar refractivity (Wildman–Crippen MR) is 126 cm³/mol. The van der Waals surface area contributed by atoms with Crippen LogP contribution in [0.3, 0.4) is 0 Å². The molecule has 4 heterocycles. The molecule has 0 saturated carbocycles. The zero-order valence-electron chi connectivity index (χ0n) is 19.0. The Kier molecular flexibility index (Phi) is 5.68. The Bertz CT molecular complexity index is 1660. The number of carboxylic acids is 1. The van der Waals surface area contributed by atoms with Crippen LogP contribution in [0, 0.1) is 6.92 Å². The summed E-state index contributed by atoms with van der Waals surface area (Å²) in [4.78, 5) is 40.8. The molecule has 13 nitrogen and oxygen atoms in total. The summed E-state index contributed by atoms with van der Waals surface area (Å²) in [6.07, 6.45) is 3.02. The van der Waals surface area contributed by atoms with Crippen molar-refractivity contribution in [1.29, 1.82) is 0 Å². The Morgan fingerprint density at radius 2 is 1.83 bits per heavy atom. The minimum absolute atomic E-state index is 0.0533. The van der Waals surface area contributed by atoms with Gasteiger partial charge in [-0.2, -0.15) is 9.40 Å². The lowest BCUT2D eigenvalue weighted by Crippen LogP contribution is -2.50. The molecule has 14 heteroatoms. The van der Waals surface area contributed by atoms with Crippen LogP contribution < -0.4 is 5.56 Å². The van der Waals surface area contributed by atoms with Crippen molar-refractivity contribution in [3.8, 4) is 5.95 Å². The second-order valence-electron chi connectivity index (χ2n) is 8.20. The van der Waals surface area contributed by atoms with Crippen molar-refractivity contribution in [3.05, 3.63) is 76.0 Å². The van der Waals surface area contributed by atoms with Crippen LogP contribution in [-0.4, -0.2) is 85.2 Å². The number of aromatic nitrogens is 5. The molecule has 4 aromatic rings. The Morgan fingerprint density at radius 1 is 1.08 bits per heavy atom. The molecule has 3 aromatic heterocycles. The number of piperazine rings is 1. The molecule has 0 bridgehead atoms. The highest BCUT2D eigenvalue weighted by molar-refractivity contribution is 7.89. The lowest BCUT2D eigenvalue weighted by molar-refractivity contribution is 0.0687. The summed E-state index contributed by atoms with van der Waals surface area (Å²) in [5, 5.41) is 17.7. The van der Waals surface area contributed by atoms with Crippen molar-refractivity contribution in [2.75, 3.05) is 26.2 Å². The summed E-state index contributed by atoms with van der Waals surface area (Å²) < 4.78 is 30.0. The summed E-state index contributed by atoms with van der Waals surface area (Å²) in [7, 11) is -3.92. The fourth-order valence-electron chi connectivity index (χ4n) is 4.10. The molecule has 186 valence electrons. The third kappa shape index (κ3) is 3.95. The average molecular weight is 512 g/mol. The molecule has 0 atom stereocenters. The average Bonchev–Trinajstić information content (AvgIpc) is 3.50. The third-order valence-corrected chi connectivity index (χ3v) is 7.97. The van der Waals surface area contributed by atoms with Crippen molar-refractivity contribution in [1.82, 2.24) is 33.6 Å². The summed E-state index contributed by atoms with van der Waals surface area (Å²) in [5.41, 5.74) is 0.677. The lowest BCUT2D eigenvalue weighted by atomic mass is 10.2. The number of fused-ring (bicyclic) bond motifs is 1. The molecule has 0 unspecified atom stereocenters. The maximum Gasteiger partial charge on any atom is 0.335 e. The second-order valence-corrected chi connectivity index (χ2v) is 10.1. The zero-order valence-corrected chi connectivity index (χ0v) is 19.8. The normalized spacial score (nSPS) is 14.9. The number of aromatic amines is 1. The highest BCUT2D eigenvalue weighted by Crippen LogP contribution is 2.21. The molecule has 0 aliphatic carbocycles. The van der Waals surface area contributed by atoms with Crippen LogP contribution in [0.5, 0.6) is 0 Å². The maximum absolute atomic E-state index is 13.2. The number of H-pyrrole nitrogens is 1. The van der Waals surface area contributed by atoms with Crippen LogP contribution in [0.4, 0.5) is 0 Å². The number of carbonyl (C=O) groups excluding carboxylic acids is 1. The van der Waals surface area contributed by atoms with E-state index in [4.69, 9.17) is 5.11 Å². The number of rotatable bonds is 5. The number of aromatic carboxylic acids is 1. The smallest absolute Gasteiger partial charge is 0.335 e. The fraction of sp³-hybridized carbons (Fsp3) is 0.227. The quantitative estimate of drug-likeness (QED) is 0.388. The van der Waals surface area contributed by atoms with Gasteiger partial charge < -0.3 is 10.0 Å². The van der Waals surface area contributed by atoms with E-state index in [0.29, 0.717) is 16.8 Å². The van der Waals surface area contributed by atoms with E-state index in [9.17, 15) is 22.8 Å². The molecule has 0 spiro atoms. The minimum atomic E-state index is -3.92. The van der Waals surface area contributed by atoms with E-state index >= 15 is 0 Å².